The summed E-state index contributed by atoms with van der Waals surface area (Å²) < 4.78 is 18.2. The summed E-state index contributed by atoms with van der Waals surface area (Å²) in [6.45, 7) is 0.926. The molecule has 1 aliphatic heterocycles. The standard InChI is InChI=1S/C25H21N7O6S/c26-23-22-16(5-20(38-22)19-11-39-21-9-29-28-8-18(19)21)17(7-27-23)14-6-30-32(10-14)15-1-3-31(4-2-15)24(35)25(36-12-33)37-13-34/h5-13,15,25H,1-4H2,(H2,26,27). The van der Waals surface area contributed by atoms with Gasteiger partial charge in [0.15, 0.2) is 11.4 Å². The summed E-state index contributed by atoms with van der Waals surface area (Å²) in [5.41, 5.74) is 9.24. The van der Waals surface area contributed by atoms with Crippen molar-refractivity contribution in [3.8, 4) is 22.5 Å². The van der Waals surface area contributed by atoms with Gasteiger partial charge in [-0.1, -0.05) is 0 Å². The van der Waals surface area contributed by atoms with Crippen molar-refractivity contribution in [1.82, 2.24) is 29.9 Å². The molecule has 0 atom stereocenters. The van der Waals surface area contributed by atoms with Gasteiger partial charge in [-0.3, -0.25) is 19.1 Å². The lowest BCUT2D eigenvalue weighted by atomic mass is 10.0. The Morgan fingerprint density at radius 3 is 2.62 bits per heavy atom. The first kappa shape index (κ1) is 24.5. The zero-order chi connectivity index (χ0) is 26.9. The van der Waals surface area contributed by atoms with Crippen LogP contribution in [-0.2, 0) is 23.9 Å². The molecule has 6 rings (SSSR count). The number of carbonyl (C=O) groups is 3. The van der Waals surface area contributed by atoms with E-state index in [-0.39, 0.29) is 19.0 Å². The Labute approximate surface area is 224 Å². The van der Waals surface area contributed by atoms with Crippen LogP contribution >= 0.6 is 11.3 Å². The zero-order valence-corrected chi connectivity index (χ0v) is 21.1. The van der Waals surface area contributed by atoms with Gasteiger partial charge in [-0.2, -0.15) is 15.3 Å². The highest BCUT2D eigenvalue weighted by Crippen LogP contribution is 2.40. The van der Waals surface area contributed by atoms with Crippen molar-refractivity contribution in [2.75, 3.05) is 18.8 Å². The van der Waals surface area contributed by atoms with Gasteiger partial charge in [0.25, 0.3) is 12.9 Å². The number of rotatable bonds is 8. The van der Waals surface area contributed by atoms with E-state index in [1.165, 1.54) is 4.90 Å². The van der Waals surface area contributed by atoms with Gasteiger partial charge in [0.1, 0.15) is 5.76 Å². The molecule has 198 valence electrons. The Bertz CT molecular complexity index is 1680. The lowest BCUT2D eigenvalue weighted by Crippen LogP contribution is -2.45. The molecule has 0 unspecified atom stereocenters. The van der Waals surface area contributed by atoms with Crippen molar-refractivity contribution in [3.05, 3.63) is 42.4 Å². The van der Waals surface area contributed by atoms with E-state index < -0.39 is 12.2 Å². The molecule has 0 spiro atoms. The van der Waals surface area contributed by atoms with E-state index in [0.29, 0.717) is 43.1 Å². The van der Waals surface area contributed by atoms with Crippen LogP contribution in [0.4, 0.5) is 5.82 Å². The number of anilines is 1. The van der Waals surface area contributed by atoms with Crippen LogP contribution < -0.4 is 5.73 Å². The molecule has 5 aromatic rings. The summed E-state index contributed by atoms with van der Waals surface area (Å²) in [5.74, 6) is 0.370. The second-order valence-corrected chi connectivity index (χ2v) is 9.80. The SMILES string of the molecule is Nc1ncc(-c2cnn(C3CCN(C(=O)C(OC=O)OC=O)CC3)c2)c2cc(-c3csc4cnncc34)oc12. The molecule has 0 saturated carbocycles. The number of hydrogen-bond acceptors (Lipinski definition) is 12. The van der Waals surface area contributed by atoms with E-state index in [1.54, 1.807) is 36.1 Å². The summed E-state index contributed by atoms with van der Waals surface area (Å²) in [6, 6.07) is 1.99. The minimum absolute atomic E-state index is 0.0376. The third kappa shape index (κ3) is 4.44. The topological polar surface area (TPSA) is 169 Å². The maximum Gasteiger partial charge on any atom is 0.325 e. The van der Waals surface area contributed by atoms with Crippen LogP contribution in [0.15, 0.2) is 46.8 Å². The number of aromatic nitrogens is 5. The Balaban J connectivity index is 1.23. The van der Waals surface area contributed by atoms with Gasteiger partial charge in [-0.25, -0.2) is 4.98 Å². The Morgan fingerprint density at radius 2 is 1.85 bits per heavy atom. The number of pyridine rings is 1. The molecule has 0 radical (unpaired) electrons. The van der Waals surface area contributed by atoms with Crippen molar-refractivity contribution >= 4 is 57.1 Å². The van der Waals surface area contributed by atoms with Crippen molar-refractivity contribution in [2.24, 2.45) is 0 Å². The number of amides is 1. The lowest BCUT2D eigenvalue weighted by molar-refractivity contribution is -0.185. The normalized spacial score (nSPS) is 14.2. The van der Waals surface area contributed by atoms with Crippen molar-refractivity contribution in [1.29, 1.82) is 0 Å². The molecular weight excluding hydrogens is 526 g/mol. The number of likely N-dealkylation sites (tertiary alicyclic amines) is 1. The Kier molecular flexibility index (Phi) is 6.36. The van der Waals surface area contributed by atoms with E-state index >= 15 is 0 Å². The van der Waals surface area contributed by atoms with Crippen LogP contribution in [0.3, 0.4) is 0 Å². The molecule has 6 heterocycles. The predicted octanol–water partition coefficient (Wildman–Crippen LogP) is 2.78. The minimum atomic E-state index is -1.58. The number of thiophene rings is 1. The van der Waals surface area contributed by atoms with Gasteiger partial charge in [0.05, 0.1) is 29.3 Å². The number of ether oxygens (including phenoxy) is 2. The molecule has 14 heteroatoms. The first-order valence-corrected chi connectivity index (χ1v) is 12.8. The minimum Gasteiger partial charge on any atom is -0.452 e. The third-order valence-electron chi connectivity index (χ3n) is 6.76. The van der Waals surface area contributed by atoms with Gasteiger partial charge >= 0.3 is 12.2 Å². The fourth-order valence-corrected chi connectivity index (χ4v) is 5.70. The number of nitrogens with two attached hydrogens (primary N) is 1. The monoisotopic (exact) mass is 547 g/mol. The summed E-state index contributed by atoms with van der Waals surface area (Å²) in [6.07, 6.45) is 8.49. The van der Waals surface area contributed by atoms with E-state index in [4.69, 9.17) is 10.2 Å². The third-order valence-corrected chi connectivity index (χ3v) is 7.70. The highest BCUT2D eigenvalue weighted by molar-refractivity contribution is 7.17. The molecule has 0 bridgehead atoms. The zero-order valence-electron chi connectivity index (χ0n) is 20.3. The van der Waals surface area contributed by atoms with Gasteiger partial charge in [-0.15, -0.1) is 11.3 Å². The highest BCUT2D eigenvalue weighted by Gasteiger charge is 2.31. The summed E-state index contributed by atoms with van der Waals surface area (Å²) in [4.78, 5) is 39.6. The molecule has 1 aliphatic rings. The Morgan fingerprint density at radius 1 is 1.08 bits per heavy atom. The average Bonchev–Trinajstić information content (AvgIpc) is 3.72. The van der Waals surface area contributed by atoms with Crippen molar-refractivity contribution in [2.45, 2.75) is 25.2 Å². The van der Waals surface area contributed by atoms with Gasteiger partial charge in [0, 0.05) is 58.3 Å². The summed E-state index contributed by atoms with van der Waals surface area (Å²) >= 11 is 1.56. The number of hydrogen-bond donors (Lipinski definition) is 1. The first-order valence-electron chi connectivity index (χ1n) is 11.9. The smallest absolute Gasteiger partial charge is 0.325 e. The molecule has 2 N–H and O–H groups in total. The van der Waals surface area contributed by atoms with Crippen molar-refractivity contribution < 1.29 is 28.3 Å². The molecule has 0 aliphatic carbocycles. The second-order valence-electron chi connectivity index (χ2n) is 8.89. The van der Waals surface area contributed by atoms with Gasteiger partial charge in [-0.05, 0) is 18.9 Å². The van der Waals surface area contributed by atoms with Crippen LogP contribution in [0.2, 0.25) is 0 Å². The summed E-state index contributed by atoms with van der Waals surface area (Å²) in [5, 5.41) is 16.3. The fourth-order valence-electron chi connectivity index (χ4n) is 4.82. The van der Waals surface area contributed by atoms with Gasteiger partial charge in [0.2, 0.25) is 0 Å². The lowest BCUT2D eigenvalue weighted by Gasteiger charge is -2.33. The number of fused-ring (bicyclic) bond motifs is 2. The highest BCUT2D eigenvalue weighted by atomic mass is 32.1. The fraction of sp³-hybridized carbons (Fsp3) is 0.240. The van der Waals surface area contributed by atoms with Gasteiger partial charge < -0.3 is 24.5 Å². The van der Waals surface area contributed by atoms with Crippen LogP contribution in [0.1, 0.15) is 18.9 Å². The molecule has 1 amide bonds. The van der Waals surface area contributed by atoms with E-state index in [2.05, 4.69) is 29.8 Å². The first-order chi connectivity index (χ1) is 19.1. The van der Waals surface area contributed by atoms with E-state index in [9.17, 15) is 14.4 Å². The quantitative estimate of drug-likeness (QED) is 0.224. The number of nitrogen functional groups attached to an aromatic ring is 1. The molecule has 5 aromatic heterocycles. The molecule has 1 saturated heterocycles. The molecule has 0 aromatic carbocycles. The number of nitrogens with zero attached hydrogens (tertiary/aromatic N) is 6. The second kappa shape index (κ2) is 10.1. The van der Waals surface area contributed by atoms with E-state index in [0.717, 1.165) is 32.2 Å². The molecule has 13 nitrogen and oxygen atoms in total. The molecule has 1 fully saturated rings. The number of piperidine rings is 1. The Hall–Kier alpha value is -4.85. The van der Waals surface area contributed by atoms with E-state index in [1.807, 2.05) is 22.3 Å². The number of furan rings is 1. The molecular formula is C25H21N7O6S. The van der Waals surface area contributed by atoms with Crippen LogP contribution in [0.25, 0.3) is 43.5 Å². The largest absolute Gasteiger partial charge is 0.452 e. The van der Waals surface area contributed by atoms with Crippen LogP contribution in [-0.4, -0.2) is 68.1 Å². The molecule has 39 heavy (non-hydrogen) atoms. The summed E-state index contributed by atoms with van der Waals surface area (Å²) in [7, 11) is 0. The maximum absolute atomic E-state index is 12.5. The maximum atomic E-state index is 12.5. The van der Waals surface area contributed by atoms with Crippen molar-refractivity contribution in [3.63, 3.8) is 0 Å². The number of carbonyl (C=O) groups excluding carboxylic acids is 3. The van der Waals surface area contributed by atoms with Crippen LogP contribution in [0.5, 0.6) is 0 Å². The predicted molar refractivity (Wildman–Crippen MR) is 139 cm³/mol. The average molecular weight is 548 g/mol. The van der Waals surface area contributed by atoms with Crippen LogP contribution in [0, 0.1) is 0 Å².